The van der Waals surface area contributed by atoms with Crippen molar-refractivity contribution in [2.24, 2.45) is 0 Å². The van der Waals surface area contributed by atoms with Gasteiger partial charge in [-0.3, -0.25) is 4.79 Å². The predicted molar refractivity (Wildman–Crippen MR) is 106 cm³/mol. The standard InChI is InChI=1S/C21H21NO3S/c1-24-16-8-9-17-18(14-16)25-20(19(17)15-6-3-2-4-7-15)21(23)22-10-5-12-26-13-11-22/h2-4,6-9,14H,5,10-13H2,1H3. The Kier molecular flexibility index (Phi) is 4.89. The minimum Gasteiger partial charge on any atom is -0.497 e. The molecule has 1 aliphatic heterocycles. The summed E-state index contributed by atoms with van der Waals surface area (Å²) in [6.45, 7) is 1.54. The Morgan fingerprint density at radius 1 is 1.12 bits per heavy atom. The molecule has 0 atom stereocenters. The molecule has 0 unspecified atom stereocenters. The van der Waals surface area contributed by atoms with Crippen LogP contribution in [0.4, 0.5) is 0 Å². The molecule has 1 saturated heterocycles. The van der Waals surface area contributed by atoms with Crippen LogP contribution in [0.15, 0.2) is 52.9 Å². The van der Waals surface area contributed by atoms with Crippen LogP contribution in [0.5, 0.6) is 5.75 Å². The summed E-state index contributed by atoms with van der Waals surface area (Å²) < 4.78 is 11.4. The van der Waals surface area contributed by atoms with E-state index in [4.69, 9.17) is 9.15 Å². The van der Waals surface area contributed by atoms with E-state index in [-0.39, 0.29) is 5.91 Å². The van der Waals surface area contributed by atoms with Gasteiger partial charge in [0.05, 0.1) is 7.11 Å². The van der Waals surface area contributed by atoms with Crippen molar-refractivity contribution in [1.82, 2.24) is 4.90 Å². The van der Waals surface area contributed by atoms with Gasteiger partial charge in [0.1, 0.15) is 11.3 Å². The van der Waals surface area contributed by atoms with E-state index in [2.05, 4.69) is 0 Å². The normalized spacial score (nSPS) is 15.0. The highest BCUT2D eigenvalue weighted by molar-refractivity contribution is 7.99. The number of rotatable bonds is 3. The Morgan fingerprint density at radius 2 is 1.96 bits per heavy atom. The Bertz CT molecular complexity index is 912. The number of thioether (sulfide) groups is 1. The first-order valence-corrected chi connectivity index (χ1v) is 9.96. The van der Waals surface area contributed by atoms with Gasteiger partial charge in [0, 0.05) is 35.9 Å². The Hall–Kier alpha value is -2.40. The van der Waals surface area contributed by atoms with E-state index >= 15 is 0 Å². The fourth-order valence-corrected chi connectivity index (χ4v) is 4.23. The summed E-state index contributed by atoms with van der Waals surface area (Å²) in [6, 6.07) is 15.7. The lowest BCUT2D eigenvalue weighted by Crippen LogP contribution is -2.32. The average molecular weight is 367 g/mol. The summed E-state index contributed by atoms with van der Waals surface area (Å²) in [5.74, 6) is 3.19. The Balaban J connectivity index is 1.85. The van der Waals surface area contributed by atoms with Crippen molar-refractivity contribution in [3.05, 3.63) is 54.3 Å². The van der Waals surface area contributed by atoms with Gasteiger partial charge < -0.3 is 14.1 Å². The van der Waals surface area contributed by atoms with Crippen LogP contribution in [-0.2, 0) is 0 Å². The zero-order valence-corrected chi connectivity index (χ0v) is 15.6. The molecule has 2 heterocycles. The lowest BCUT2D eigenvalue weighted by molar-refractivity contribution is 0.0740. The van der Waals surface area contributed by atoms with Crippen molar-refractivity contribution in [2.75, 3.05) is 31.7 Å². The third-order valence-corrected chi connectivity index (χ3v) is 5.71. The maximum Gasteiger partial charge on any atom is 0.290 e. The van der Waals surface area contributed by atoms with E-state index in [0.29, 0.717) is 11.3 Å². The molecule has 0 N–H and O–H groups in total. The predicted octanol–water partition coefficient (Wildman–Crippen LogP) is 4.69. The van der Waals surface area contributed by atoms with Crippen LogP contribution in [-0.4, -0.2) is 42.5 Å². The molecule has 26 heavy (non-hydrogen) atoms. The summed E-state index contributed by atoms with van der Waals surface area (Å²) in [4.78, 5) is 15.2. The minimum absolute atomic E-state index is 0.0264. The first-order chi connectivity index (χ1) is 12.8. The number of benzene rings is 2. The number of ether oxygens (including phenoxy) is 1. The highest BCUT2D eigenvalue weighted by atomic mass is 32.2. The van der Waals surface area contributed by atoms with Crippen LogP contribution in [0.1, 0.15) is 17.0 Å². The number of furan rings is 1. The molecule has 5 heteroatoms. The molecule has 1 aromatic heterocycles. The van der Waals surface area contributed by atoms with E-state index in [1.54, 1.807) is 7.11 Å². The van der Waals surface area contributed by atoms with Crippen molar-refractivity contribution in [1.29, 1.82) is 0 Å². The lowest BCUT2D eigenvalue weighted by atomic mass is 10.0. The number of nitrogens with zero attached hydrogens (tertiary/aromatic N) is 1. The third kappa shape index (κ3) is 3.19. The molecule has 4 rings (SSSR count). The quantitative estimate of drug-likeness (QED) is 0.674. The third-order valence-electron chi connectivity index (χ3n) is 4.66. The highest BCUT2D eigenvalue weighted by Gasteiger charge is 2.26. The highest BCUT2D eigenvalue weighted by Crippen LogP contribution is 2.37. The summed E-state index contributed by atoms with van der Waals surface area (Å²) >= 11 is 1.90. The van der Waals surface area contributed by atoms with Crippen molar-refractivity contribution in [2.45, 2.75) is 6.42 Å². The van der Waals surface area contributed by atoms with Gasteiger partial charge in [-0.25, -0.2) is 0 Å². The molecule has 2 aromatic carbocycles. The molecule has 0 spiro atoms. The number of hydrogen-bond donors (Lipinski definition) is 0. The van der Waals surface area contributed by atoms with E-state index in [1.165, 1.54) is 0 Å². The van der Waals surface area contributed by atoms with E-state index in [0.717, 1.165) is 53.3 Å². The second-order valence-electron chi connectivity index (χ2n) is 6.29. The van der Waals surface area contributed by atoms with Gasteiger partial charge in [0.25, 0.3) is 5.91 Å². The van der Waals surface area contributed by atoms with Gasteiger partial charge in [-0.1, -0.05) is 30.3 Å². The van der Waals surface area contributed by atoms with Crippen LogP contribution in [0.2, 0.25) is 0 Å². The summed E-state index contributed by atoms with van der Waals surface area (Å²) in [5, 5.41) is 0.935. The number of hydrogen-bond acceptors (Lipinski definition) is 4. The van der Waals surface area contributed by atoms with Crippen LogP contribution in [0.25, 0.3) is 22.1 Å². The maximum atomic E-state index is 13.3. The molecule has 4 nitrogen and oxygen atoms in total. The molecule has 134 valence electrons. The lowest BCUT2D eigenvalue weighted by Gasteiger charge is -2.19. The maximum absolute atomic E-state index is 13.3. The first-order valence-electron chi connectivity index (χ1n) is 8.81. The number of amides is 1. The van der Waals surface area contributed by atoms with Crippen molar-refractivity contribution >= 4 is 28.6 Å². The fourth-order valence-electron chi connectivity index (χ4n) is 3.34. The number of fused-ring (bicyclic) bond motifs is 1. The van der Waals surface area contributed by atoms with Crippen LogP contribution >= 0.6 is 11.8 Å². The van der Waals surface area contributed by atoms with Crippen molar-refractivity contribution < 1.29 is 13.9 Å². The van der Waals surface area contributed by atoms with E-state index in [1.807, 2.05) is 65.2 Å². The van der Waals surface area contributed by atoms with Gasteiger partial charge in [-0.05, 0) is 29.9 Å². The summed E-state index contributed by atoms with van der Waals surface area (Å²) in [6.07, 6.45) is 1.02. The second-order valence-corrected chi connectivity index (χ2v) is 7.52. The fraction of sp³-hybridized carbons (Fsp3) is 0.286. The van der Waals surface area contributed by atoms with Gasteiger partial charge >= 0.3 is 0 Å². The Labute approximate surface area is 157 Å². The summed E-state index contributed by atoms with van der Waals surface area (Å²) in [7, 11) is 1.63. The molecule has 0 aliphatic carbocycles. The van der Waals surface area contributed by atoms with E-state index < -0.39 is 0 Å². The molecule has 1 aliphatic rings. The van der Waals surface area contributed by atoms with Gasteiger partial charge in [0.15, 0.2) is 0 Å². The van der Waals surface area contributed by atoms with Crippen molar-refractivity contribution in [3.8, 4) is 16.9 Å². The van der Waals surface area contributed by atoms with Gasteiger partial charge in [0.2, 0.25) is 5.76 Å². The van der Waals surface area contributed by atoms with Gasteiger partial charge in [-0.2, -0.15) is 11.8 Å². The largest absolute Gasteiger partial charge is 0.497 e. The summed E-state index contributed by atoms with van der Waals surface area (Å²) in [5.41, 5.74) is 2.53. The Morgan fingerprint density at radius 3 is 2.77 bits per heavy atom. The number of carbonyl (C=O) groups is 1. The SMILES string of the molecule is COc1ccc2c(-c3ccccc3)c(C(=O)N3CCCSCC3)oc2c1. The molecule has 0 saturated carbocycles. The van der Waals surface area contributed by atoms with Gasteiger partial charge in [-0.15, -0.1) is 0 Å². The zero-order valence-electron chi connectivity index (χ0n) is 14.7. The van der Waals surface area contributed by atoms with Crippen LogP contribution in [0.3, 0.4) is 0 Å². The molecule has 0 radical (unpaired) electrons. The number of methoxy groups -OCH3 is 1. The zero-order chi connectivity index (χ0) is 17.9. The van der Waals surface area contributed by atoms with Crippen LogP contribution < -0.4 is 4.74 Å². The molecular weight excluding hydrogens is 346 g/mol. The first kappa shape index (κ1) is 17.0. The monoisotopic (exact) mass is 367 g/mol. The topological polar surface area (TPSA) is 42.7 Å². The molecule has 3 aromatic rings. The smallest absolute Gasteiger partial charge is 0.290 e. The van der Waals surface area contributed by atoms with Crippen LogP contribution in [0, 0.1) is 0 Å². The number of carbonyl (C=O) groups excluding carboxylic acids is 1. The van der Waals surface area contributed by atoms with Crippen molar-refractivity contribution in [3.63, 3.8) is 0 Å². The molecule has 0 bridgehead atoms. The second kappa shape index (κ2) is 7.46. The molecule has 1 amide bonds. The molecule has 1 fully saturated rings. The van der Waals surface area contributed by atoms with E-state index in [9.17, 15) is 4.79 Å². The average Bonchev–Trinajstić information content (AvgIpc) is 2.86. The minimum atomic E-state index is -0.0264. The molecular formula is C21H21NO3S.